The highest BCUT2D eigenvalue weighted by Crippen LogP contribution is 2.31. The number of rotatable bonds is 2. The molecular formula is C10H13N3O3. The molecule has 0 aromatic carbocycles. The minimum Gasteiger partial charge on any atom is -0.481 e. The Balaban J connectivity index is 2.49. The third-order valence-electron chi connectivity index (χ3n) is 2.66. The second kappa shape index (κ2) is 4.05. The largest absolute Gasteiger partial charge is 0.481 e. The van der Waals surface area contributed by atoms with Gasteiger partial charge >= 0.3 is 5.97 Å². The Kier molecular flexibility index (Phi) is 2.74. The second-order valence-corrected chi connectivity index (χ2v) is 3.87. The fourth-order valence-electron chi connectivity index (χ4n) is 2.05. The van der Waals surface area contributed by atoms with Gasteiger partial charge in [-0.15, -0.1) is 0 Å². The lowest BCUT2D eigenvalue weighted by Gasteiger charge is -2.22. The third kappa shape index (κ3) is 1.96. The molecule has 0 saturated carbocycles. The van der Waals surface area contributed by atoms with E-state index in [0.717, 1.165) is 6.42 Å². The molecule has 1 aromatic rings. The van der Waals surface area contributed by atoms with E-state index in [0.29, 0.717) is 29.8 Å². The van der Waals surface area contributed by atoms with Crippen LogP contribution >= 0.6 is 0 Å². The van der Waals surface area contributed by atoms with Crippen LogP contribution in [0.25, 0.3) is 0 Å². The molecule has 86 valence electrons. The van der Waals surface area contributed by atoms with Crippen LogP contribution in [-0.2, 0) is 17.6 Å². The van der Waals surface area contributed by atoms with E-state index in [4.69, 9.17) is 10.8 Å². The van der Waals surface area contributed by atoms with E-state index >= 15 is 0 Å². The van der Waals surface area contributed by atoms with Gasteiger partial charge in [-0.2, -0.15) is 0 Å². The molecule has 6 heteroatoms. The molecule has 1 aromatic heterocycles. The van der Waals surface area contributed by atoms with Crippen molar-refractivity contribution in [2.24, 2.45) is 0 Å². The highest BCUT2D eigenvalue weighted by Gasteiger charge is 2.25. The van der Waals surface area contributed by atoms with Crippen molar-refractivity contribution in [3.05, 3.63) is 17.0 Å². The summed E-state index contributed by atoms with van der Waals surface area (Å²) in [7, 11) is 0. The van der Waals surface area contributed by atoms with Crippen molar-refractivity contribution in [2.75, 3.05) is 5.73 Å². The number of aliphatic carboxylic acids is 1. The maximum atomic E-state index is 10.7. The number of carbonyl (C=O) groups is 1. The van der Waals surface area contributed by atoms with Gasteiger partial charge in [0, 0.05) is 5.56 Å². The number of nitrogens with zero attached hydrogens (tertiary/aromatic N) is 2. The van der Waals surface area contributed by atoms with Gasteiger partial charge in [0.15, 0.2) is 0 Å². The molecule has 1 unspecified atom stereocenters. The minimum absolute atomic E-state index is 0.0732. The fraction of sp³-hybridized carbons (Fsp3) is 0.500. The van der Waals surface area contributed by atoms with Gasteiger partial charge in [0.1, 0.15) is 0 Å². The molecule has 16 heavy (non-hydrogen) atoms. The number of carboxylic acids is 1. The number of anilines is 1. The van der Waals surface area contributed by atoms with Crippen LogP contribution in [0.1, 0.15) is 35.9 Å². The zero-order chi connectivity index (χ0) is 11.7. The molecule has 1 aliphatic rings. The molecule has 1 heterocycles. The number of hydrogen-bond donors (Lipinski definition) is 3. The minimum atomic E-state index is -0.988. The van der Waals surface area contributed by atoms with Crippen molar-refractivity contribution >= 4 is 11.9 Å². The fourth-order valence-corrected chi connectivity index (χ4v) is 2.05. The van der Waals surface area contributed by atoms with Crippen molar-refractivity contribution in [3.63, 3.8) is 0 Å². The van der Waals surface area contributed by atoms with E-state index in [1.165, 1.54) is 0 Å². The number of hydrogen-bond acceptors (Lipinski definition) is 5. The van der Waals surface area contributed by atoms with Crippen LogP contribution in [0.4, 0.5) is 5.95 Å². The Bertz CT molecular complexity index is 434. The lowest BCUT2D eigenvalue weighted by atomic mass is 9.91. The van der Waals surface area contributed by atoms with Gasteiger partial charge in [0.25, 0.3) is 0 Å². The van der Waals surface area contributed by atoms with E-state index in [9.17, 15) is 9.90 Å². The summed E-state index contributed by atoms with van der Waals surface area (Å²) in [5.74, 6) is -0.915. The number of aryl methyl sites for hydroxylation is 1. The Morgan fingerprint density at radius 2 is 2.25 bits per heavy atom. The molecule has 4 N–H and O–H groups in total. The first-order valence-corrected chi connectivity index (χ1v) is 5.13. The van der Waals surface area contributed by atoms with E-state index in [2.05, 4.69) is 9.97 Å². The lowest BCUT2D eigenvalue weighted by Crippen LogP contribution is -2.19. The maximum Gasteiger partial charge on any atom is 0.309 e. The van der Waals surface area contributed by atoms with Gasteiger partial charge in [-0.05, 0) is 19.3 Å². The van der Waals surface area contributed by atoms with Crippen LogP contribution in [-0.4, -0.2) is 26.2 Å². The summed E-state index contributed by atoms with van der Waals surface area (Å²) in [5.41, 5.74) is 7.08. The molecule has 0 aliphatic heterocycles. The topological polar surface area (TPSA) is 109 Å². The van der Waals surface area contributed by atoms with Crippen molar-refractivity contribution in [2.45, 2.75) is 31.8 Å². The number of nitrogens with two attached hydrogens (primary N) is 1. The molecule has 1 atom stereocenters. The molecule has 0 bridgehead atoms. The average Bonchev–Trinajstić information content (AvgIpc) is 2.15. The quantitative estimate of drug-likeness (QED) is 0.653. The van der Waals surface area contributed by atoms with Gasteiger partial charge in [-0.25, -0.2) is 9.97 Å². The summed E-state index contributed by atoms with van der Waals surface area (Å²) in [6.45, 7) is 0. The maximum absolute atomic E-state index is 10.7. The highest BCUT2D eigenvalue weighted by molar-refractivity contribution is 5.70. The summed E-state index contributed by atoms with van der Waals surface area (Å²) in [4.78, 5) is 18.6. The first-order chi connectivity index (χ1) is 7.58. The molecule has 0 amide bonds. The Hall–Kier alpha value is -1.69. The van der Waals surface area contributed by atoms with E-state index in [-0.39, 0.29) is 12.4 Å². The van der Waals surface area contributed by atoms with Crippen LogP contribution in [0.15, 0.2) is 0 Å². The molecule has 2 rings (SSSR count). The Morgan fingerprint density at radius 3 is 2.94 bits per heavy atom. The predicted octanol–water partition coefficient (Wildman–Crippen LogP) is 0.0556. The SMILES string of the molecule is Nc1nc2c(c(CC(=O)O)n1)C(O)CCC2. The van der Waals surface area contributed by atoms with Gasteiger partial charge in [0.2, 0.25) is 5.95 Å². The first-order valence-electron chi connectivity index (χ1n) is 5.13. The molecule has 0 saturated heterocycles. The molecule has 6 nitrogen and oxygen atoms in total. The number of carboxylic acid groups (broad SMARTS) is 1. The number of aliphatic hydroxyl groups is 1. The number of nitrogen functional groups attached to an aromatic ring is 1. The summed E-state index contributed by atoms with van der Waals surface area (Å²) in [5, 5.41) is 18.6. The average molecular weight is 223 g/mol. The summed E-state index contributed by atoms with van der Waals surface area (Å²) >= 11 is 0. The van der Waals surface area contributed by atoms with Crippen molar-refractivity contribution in [1.29, 1.82) is 0 Å². The van der Waals surface area contributed by atoms with E-state index in [1.807, 2.05) is 0 Å². The summed E-state index contributed by atoms with van der Waals surface area (Å²) < 4.78 is 0. The molecule has 1 aliphatic carbocycles. The van der Waals surface area contributed by atoms with Crippen LogP contribution in [0.3, 0.4) is 0 Å². The molecular weight excluding hydrogens is 210 g/mol. The molecule has 0 fully saturated rings. The third-order valence-corrected chi connectivity index (χ3v) is 2.66. The molecule has 0 radical (unpaired) electrons. The lowest BCUT2D eigenvalue weighted by molar-refractivity contribution is -0.136. The van der Waals surface area contributed by atoms with Crippen LogP contribution < -0.4 is 5.73 Å². The van der Waals surface area contributed by atoms with Crippen LogP contribution in [0, 0.1) is 0 Å². The second-order valence-electron chi connectivity index (χ2n) is 3.87. The van der Waals surface area contributed by atoms with E-state index in [1.54, 1.807) is 0 Å². The number of aromatic nitrogens is 2. The molecule has 0 spiro atoms. The van der Waals surface area contributed by atoms with Crippen LogP contribution in [0.2, 0.25) is 0 Å². The Labute approximate surface area is 92.1 Å². The first kappa shape index (κ1) is 10.8. The summed E-state index contributed by atoms with van der Waals surface area (Å²) in [6.07, 6.45) is 1.26. The zero-order valence-electron chi connectivity index (χ0n) is 8.68. The number of fused-ring (bicyclic) bond motifs is 1. The van der Waals surface area contributed by atoms with Crippen molar-refractivity contribution < 1.29 is 15.0 Å². The van der Waals surface area contributed by atoms with Gasteiger partial charge in [-0.1, -0.05) is 0 Å². The Morgan fingerprint density at radius 1 is 1.50 bits per heavy atom. The summed E-state index contributed by atoms with van der Waals surface area (Å²) in [6, 6.07) is 0. The van der Waals surface area contributed by atoms with Crippen LogP contribution in [0.5, 0.6) is 0 Å². The van der Waals surface area contributed by atoms with Gasteiger partial charge in [0.05, 0.1) is 23.9 Å². The zero-order valence-corrected chi connectivity index (χ0v) is 8.68. The smallest absolute Gasteiger partial charge is 0.309 e. The highest BCUT2D eigenvalue weighted by atomic mass is 16.4. The van der Waals surface area contributed by atoms with Crippen molar-refractivity contribution in [1.82, 2.24) is 9.97 Å². The standard InChI is InChI=1S/C10H13N3O3/c11-10-12-5-2-1-3-7(14)9(5)6(13-10)4-8(15)16/h7,14H,1-4H2,(H,15,16)(H2,11,12,13). The predicted molar refractivity (Wildman–Crippen MR) is 55.7 cm³/mol. The monoisotopic (exact) mass is 223 g/mol. The van der Waals surface area contributed by atoms with E-state index < -0.39 is 12.1 Å². The van der Waals surface area contributed by atoms with Crippen molar-refractivity contribution in [3.8, 4) is 0 Å². The van der Waals surface area contributed by atoms with Gasteiger partial charge in [-0.3, -0.25) is 4.79 Å². The number of aliphatic hydroxyl groups excluding tert-OH is 1. The van der Waals surface area contributed by atoms with Gasteiger partial charge < -0.3 is 15.9 Å². The normalized spacial score (nSPS) is 19.2.